The highest BCUT2D eigenvalue weighted by atomic mass is 32.1. The fraction of sp³-hybridized carbons (Fsp3) is 0.150. The first-order chi connectivity index (χ1) is 12.7. The van der Waals surface area contributed by atoms with Gasteiger partial charge in [-0.2, -0.15) is 0 Å². The highest BCUT2D eigenvalue weighted by Gasteiger charge is 2.15. The van der Waals surface area contributed by atoms with Crippen LogP contribution in [-0.2, 0) is 0 Å². The molecule has 0 saturated carbocycles. The Bertz CT molecular complexity index is 1190. The average molecular weight is 363 g/mol. The SMILES string of the molecule is CCOc1ccccc1/C=c1/sc2nnc(-c3ccccc3C)n2c1=O. The van der Waals surface area contributed by atoms with Gasteiger partial charge in [0.1, 0.15) is 5.75 Å². The van der Waals surface area contributed by atoms with Crippen molar-refractivity contribution in [2.75, 3.05) is 6.61 Å². The predicted molar refractivity (Wildman–Crippen MR) is 104 cm³/mol. The molecule has 4 aromatic rings. The van der Waals surface area contributed by atoms with E-state index in [1.807, 2.05) is 68.5 Å². The van der Waals surface area contributed by atoms with Crippen molar-refractivity contribution in [3.63, 3.8) is 0 Å². The van der Waals surface area contributed by atoms with Gasteiger partial charge in [-0.25, -0.2) is 4.40 Å². The number of ether oxygens (including phenoxy) is 1. The van der Waals surface area contributed by atoms with E-state index in [4.69, 9.17) is 4.74 Å². The van der Waals surface area contributed by atoms with Crippen molar-refractivity contribution in [3.05, 3.63) is 74.5 Å². The minimum absolute atomic E-state index is 0.112. The minimum Gasteiger partial charge on any atom is -0.493 e. The Kier molecular flexibility index (Phi) is 4.26. The number of nitrogens with zero attached hydrogens (tertiary/aromatic N) is 3. The lowest BCUT2D eigenvalue weighted by molar-refractivity contribution is 0.339. The molecule has 2 aromatic carbocycles. The van der Waals surface area contributed by atoms with E-state index in [0.717, 1.165) is 22.4 Å². The molecule has 26 heavy (non-hydrogen) atoms. The lowest BCUT2D eigenvalue weighted by Crippen LogP contribution is -2.23. The first-order valence-electron chi connectivity index (χ1n) is 8.36. The molecule has 0 atom stereocenters. The minimum atomic E-state index is -0.112. The number of hydrogen-bond acceptors (Lipinski definition) is 5. The maximum absolute atomic E-state index is 13.0. The highest BCUT2D eigenvalue weighted by molar-refractivity contribution is 7.15. The van der Waals surface area contributed by atoms with E-state index in [9.17, 15) is 4.79 Å². The second-order valence-corrected chi connectivity index (χ2v) is 6.85. The van der Waals surface area contributed by atoms with E-state index in [0.29, 0.717) is 21.9 Å². The lowest BCUT2D eigenvalue weighted by atomic mass is 10.1. The summed E-state index contributed by atoms with van der Waals surface area (Å²) in [4.78, 5) is 13.6. The highest BCUT2D eigenvalue weighted by Crippen LogP contribution is 2.22. The molecule has 2 heterocycles. The van der Waals surface area contributed by atoms with E-state index >= 15 is 0 Å². The summed E-state index contributed by atoms with van der Waals surface area (Å²) in [5.74, 6) is 1.34. The van der Waals surface area contributed by atoms with Gasteiger partial charge in [-0.05, 0) is 31.6 Å². The number of rotatable bonds is 4. The Morgan fingerprint density at radius 3 is 2.69 bits per heavy atom. The van der Waals surface area contributed by atoms with Gasteiger partial charge >= 0.3 is 0 Å². The van der Waals surface area contributed by atoms with Crippen molar-refractivity contribution in [1.29, 1.82) is 0 Å². The topological polar surface area (TPSA) is 56.5 Å². The number of hydrogen-bond donors (Lipinski definition) is 0. The van der Waals surface area contributed by atoms with Gasteiger partial charge < -0.3 is 4.74 Å². The molecule has 0 N–H and O–H groups in total. The van der Waals surface area contributed by atoms with Gasteiger partial charge in [-0.3, -0.25) is 4.79 Å². The average Bonchev–Trinajstić information content (AvgIpc) is 3.18. The van der Waals surface area contributed by atoms with Crippen LogP contribution in [-0.4, -0.2) is 21.2 Å². The summed E-state index contributed by atoms with van der Waals surface area (Å²) < 4.78 is 7.84. The van der Waals surface area contributed by atoms with Gasteiger partial charge in [0.05, 0.1) is 11.1 Å². The third kappa shape index (κ3) is 2.78. The van der Waals surface area contributed by atoms with Gasteiger partial charge in [-0.15, -0.1) is 10.2 Å². The smallest absolute Gasteiger partial charge is 0.276 e. The number of para-hydroxylation sites is 1. The zero-order valence-corrected chi connectivity index (χ0v) is 15.3. The fourth-order valence-corrected chi connectivity index (χ4v) is 3.79. The van der Waals surface area contributed by atoms with Crippen molar-refractivity contribution in [2.24, 2.45) is 0 Å². The molecule has 0 radical (unpaired) electrons. The van der Waals surface area contributed by atoms with Gasteiger partial charge in [0, 0.05) is 11.1 Å². The molecular weight excluding hydrogens is 346 g/mol. The van der Waals surface area contributed by atoms with Gasteiger partial charge in [0.15, 0.2) is 5.82 Å². The molecule has 2 aromatic heterocycles. The monoisotopic (exact) mass is 363 g/mol. The molecule has 0 fully saturated rings. The summed E-state index contributed by atoms with van der Waals surface area (Å²) in [6, 6.07) is 15.5. The number of aromatic nitrogens is 3. The number of fused-ring (bicyclic) bond motifs is 1. The lowest BCUT2D eigenvalue weighted by Gasteiger charge is -2.05. The van der Waals surface area contributed by atoms with Crippen molar-refractivity contribution in [3.8, 4) is 17.1 Å². The Balaban J connectivity index is 1.91. The third-order valence-electron chi connectivity index (χ3n) is 4.14. The molecule has 6 heteroatoms. The molecule has 0 unspecified atom stereocenters. The van der Waals surface area contributed by atoms with E-state index in [1.165, 1.54) is 11.3 Å². The standard InChI is InChI=1S/C20H17N3O2S/c1-3-25-16-11-7-5-9-14(16)12-17-19(24)23-18(21-22-20(23)26-17)15-10-6-4-8-13(15)2/h4-12H,3H2,1-2H3/b17-12+. The Labute approximate surface area is 154 Å². The first kappa shape index (κ1) is 16.5. The van der Waals surface area contributed by atoms with Crippen molar-refractivity contribution in [2.45, 2.75) is 13.8 Å². The molecule has 0 bridgehead atoms. The van der Waals surface area contributed by atoms with Crippen LogP contribution in [0.5, 0.6) is 5.75 Å². The Hall–Kier alpha value is -2.99. The quantitative estimate of drug-likeness (QED) is 0.559. The molecule has 4 rings (SSSR count). The van der Waals surface area contributed by atoms with Crippen LogP contribution in [0.25, 0.3) is 22.4 Å². The Morgan fingerprint density at radius 2 is 1.88 bits per heavy atom. The van der Waals surface area contributed by atoms with E-state index in [2.05, 4.69) is 10.2 Å². The normalized spacial score (nSPS) is 12.0. The second kappa shape index (κ2) is 6.72. The van der Waals surface area contributed by atoms with Crippen molar-refractivity contribution in [1.82, 2.24) is 14.6 Å². The maximum atomic E-state index is 13.0. The fourth-order valence-electron chi connectivity index (χ4n) is 2.89. The molecule has 0 aliphatic carbocycles. The summed E-state index contributed by atoms with van der Waals surface area (Å²) in [5.41, 5.74) is 2.73. The van der Waals surface area contributed by atoms with Crippen LogP contribution in [0.4, 0.5) is 0 Å². The van der Waals surface area contributed by atoms with Gasteiger partial charge in [-0.1, -0.05) is 53.8 Å². The zero-order chi connectivity index (χ0) is 18.1. The summed E-state index contributed by atoms with van der Waals surface area (Å²) in [5, 5.41) is 8.43. The number of benzene rings is 2. The maximum Gasteiger partial charge on any atom is 0.276 e. The van der Waals surface area contributed by atoms with Crippen molar-refractivity contribution < 1.29 is 4.74 Å². The molecule has 0 amide bonds. The first-order valence-corrected chi connectivity index (χ1v) is 9.18. The zero-order valence-electron chi connectivity index (χ0n) is 14.5. The summed E-state index contributed by atoms with van der Waals surface area (Å²) in [7, 11) is 0. The molecule has 0 spiro atoms. The Morgan fingerprint density at radius 1 is 1.12 bits per heavy atom. The second-order valence-electron chi connectivity index (χ2n) is 5.84. The van der Waals surface area contributed by atoms with Crippen LogP contribution in [0.2, 0.25) is 0 Å². The van der Waals surface area contributed by atoms with Crippen LogP contribution < -0.4 is 14.8 Å². The molecule has 0 saturated heterocycles. The van der Waals surface area contributed by atoms with Crippen LogP contribution in [0.1, 0.15) is 18.1 Å². The van der Waals surface area contributed by atoms with Gasteiger partial charge in [0.2, 0.25) is 4.96 Å². The van der Waals surface area contributed by atoms with Crippen LogP contribution in [0.3, 0.4) is 0 Å². The molecular formula is C20H17N3O2S. The number of aryl methyl sites for hydroxylation is 1. The largest absolute Gasteiger partial charge is 0.493 e. The summed E-state index contributed by atoms with van der Waals surface area (Å²) >= 11 is 1.33. The van der Waals surface area contributed by atoms with Gasteiger partial charge in [0.25, 0.3) is 5.56 Å². The number of thiazole rings is 1. The molecule has 0 aliphatic rings. The molecule has 0 aliphatic heterocycles. The van der Waals surface area contributed by atoms with Crippen LogP contribution in [0.15, 0.2) is 53.3 Å². The predicted octanol–water partition coefficient (Wildman–Crippen LogP) is 3.07. The molecule has 5 nitrogen and oxygen atoms in total. The van der Waals surface area contributed by atoms with E-state index in [-0.39, 0.29) is 5.56 Å². The summed E-state index contributed by atoms with van der Waals surface area (Å²) in [6.07, 6.45) is 1.86. The third-order valence-corrected chi connectivity index (χ3v) is 5.10. The van der Waals surface area contributed by atoms with Crippen LogP contribution in [0, 0.1) is 6.92 Å². The van der Waals surface area contributed by atoms with E-state index in [1.54, 1.807) is 4.40 Å². The van der Waals surface area contributed by atoms with E-state index < -0.39 is 0 Å². The molecule has 130 valence electrons. The van der Waals surface area contributed by atoms with Crippen LogP contribution >= 0.6 is 11.3 Å². The van der Waals surface area contributed by atoms with Crippen molar-refractivity contribution >= 4 is 22.4 Å². The summed E-state index contributed by atoms with van der Waals surface area (Å²) in [6.45, 7) is 4.51.